The number of thioether (sulfide) groups is 2. The fourth-order valence-corrected chi connectivity index (χ4v) is 4.93. The fourth-order valence-electron chi connectivity index (χ4n) is 3.02. The predicted molar refractivity (Wildman–Crippen MR) is 114 cm³/mol. The van der Waals surface area contributed by atoms with E-state index in [1.54, 1.807) is 23.6 Å². The van der Waals surface area contributed by atoms with Crippen molar-refractivity contribution >= 4 is 41.3 Å². The van der Waals surface area contributed by atoms with E-state index in [2.05, 4.69) is 5.32 Å². The molecule has 158 valence electrons. The van der Waals surface area contributed by atoms with Crippen molar-refractivity contribution in [3.63, 3.8) is 0 Å². The number of nitrogens with one attached hydrogen (secondary N) is 1. The molecule has 2 saturated heterocycles. The molecule has 1 aromatic rings. The zero-order valence-corrected chi connectivity index (χ0v) is 18.0. The maximum atomic E-state index is 13.0. The van der Waals surface area contributed by atoms with E-state index in [4.69, 9.17) is 9.47 Å². The number of rotatable bonds is 9. The van der Waals surface area contributed by atoms with Crippen LogP contribution in [0, 0.1) is 0 Å². The van der Waals surface area contributed by atoms with E-state index in [1.807, 2.05) is 42.1 Å². The van der Waals surface area contributed by atoms with Gasteiger partial charge in [-0.15, -0.1) is 0 Å². The number of esters is 1. The maximum Gasteiger partial charge on any atom is 0.338 e. The van der Waals surface area contributed by atoms with Gasteiger partial charge in [0.1, 0.15) is 6.04 Å². The van der Waals surface area contributed by atoms with Crippen LogP contribution in [0.3, 0.4) is 0 Å². The molecule has 0 saturated carbocycles. The van der Waals surface area contributed by atoms with Crippen molar-refractivity contribution in [1.29, 1.82) is 0 Å². The van der Waals surface area contributed by atoms with E-state index in [0.717, 1.165) is 22.8 Å². The molecule has 0 radical (unpaired) electrons. The number of hydrogen-bond donors (Lipinski definition) is 1. The second-order valence-corrected chi connectivity index (χ2v) is 8.98. The van der Waals surface area contributed by atoms with Crippen LogP contribution in [0.1, 0.15) is 12.5 Å². The van der Waals surface area contributed by atoms with Crippen LogP contribution in [0.15, 0.2) is 30.3 Å². The Bertz CT molecular complexity index is 712. The highest BCUT2D eigenvalue weighted by atomic mass is 32.2. The minimum absolute atomic E-state index is 0.0763. The SMILES string of the molecule is CCOC(=O)[C@H]1O[C@@H]1C(=O)NC(CSCc1ccccc1)C(=O)N1CCSCC1. The molecule has 9 heteroatoms. The van der Waals surface area contributed by atoms with E-state index < -0.39 is 30.1 Å². The Morgan fingerprint density at radius 2 is 1.97 bits per heavy atom. The molecule has 0 bridgehead atoms. The van der Waals surface area contributed by atoms with Crippen LogP contribution < -0.4 is 5.32 Å². The summed E-state index contributed by atoms with van der Waals surface area (Å²) in [5, 5.41) is 2.80. The minimum atomic E-state index is -0.875. The molecule has 2 amide bonds. The van der Waals surface area contributed by atoms with Gasteiger partial charge in [0.05, 0.1) is 6.61 Å². The molecule has 3 atom stereocenters. The molecule has 0 spiro atoms. The highest BCUT2D eigenvalue weighted by molar-refractivity contribution is 7.99. The third kappa shape index (κ3) is 6.38. The Labute approximate surface area is 179 Å². The van der Waals surface area contributed by atoms with Crippen molar-refractivity contribution in [1.82, 2.24) is 10.2 Å². The minimum Gasteiger partial charge on any atom is -0.464 e. The molecule has 2 aliphatic heterocycles. The first kappa shape index (κ1) is 22.0. The van der Waals surface area contributed by atoms with Crippen LogP contribution in [-0.4, -0.2) is 77.9 Å². The van der Waals surface area contributed by atoms with Crippen LogP contribution in [-0.2, 0) is 29.6 Å². The Morgan fingerprint density at radius 1 is 1.24 bits per heavy atom. The average Bonchev–Trinajstić information content (AvgIpc) is 3.55. The fraction of sp³-hybridized carbons (Fsp3) is 0.550. The average molecular weight is 439 g/mol. The Kier molecular flexibility index (Phi) is 8.26. The van der Waals surface area contributed by atoms with E-state index in [9.17, 15) is 14.4 Å². The van der Waals surface area contributed by atoms with Crippen LogP contribution in [0.25, 0.3) is 0 Å². The number of benzene rings is 1. The number of carbonyl (C=O) groups is 3. The monoisotopic (exact) mass is 438 g/mol. The lowest BCUT2D eigenvalue weighted by Gasteiger charge is -2.30. The molecule has 7 nitrogen and oxygen atoms in total. The summed E-state index contributed by atoms with van der Waals surface area (Å²) in [7, 11) is 0. The number of hydrogen-bond acceptors (Lipinski definition) is 7. The van der Waals surface area contributed by atoms with Crippen molar-refractivity contribution in [3.8, 4) is 0 Å². The number of carbonyl (C=O) groups excluding carboxylic acids is 3. The Balaban J connectivity index is 1.57. The van der Waals surface area contributed by atoms with Crippen molar-refractivity contribution < 1.29 is 23.9 Å². The molecule has 0 aliphatic carbocycles. The summed E-state index contributed by atoms with van der Waals surface area (Å²) < 4.78 is 10.1. The van der Waals surface area contributed by atoms with Crippen LogP contribution >= 0.6 is 23.5 Å². The summed E-state index contributed by atoms with van der Waals surface area (Å²) in [5.74, 6) is 1.96. The highest BCUT2D eigenvalue weighted by Crippen LogP contribution is 2.24. The molecule has 2 fully saturated rings. The van der Waals surface area contributed by atoms with Gasteiger partial charge >= 0.3 is 5.97 Å². The first-order chi connectivity index (χ1) is 14.1. The van der Waals surface area contributed by atoms with Gasteiger partial charge in [-0.2, -0.15) is 23.5 Å². The predicted octanol–water partition coefficient (Wildman–Crippen LogP) is 1.31. The van der Waals surface area contributed by atoms with Gasteiger partial charge in [-0.25, -0.2) is 4.79 Å². The molecule has 2 aliphatic rings. The third-order valence-corrected chi connectivity index (χ3v) is 6.65. The second kappa shape index (κ2) is 10.9. The molecule has 3 rings (SSSR count). The normalized spacial score (nSPS) is 21.9. The van der Waals surface area contributed by atoms with Gasteiger partial charge in [-0.3, -0.25) is 9.59 Å². The van der Waals surface area contributed by atoms with Crippen LogP contribution in [0.4, 0.5) is 0 Å². The molecule has 1 unspecified atom stereocenters. The molecule has 0 aromatic heterocycles. The molecule has 1 aromatic carbocycles. The van der Waals surface area contributed by atoms with E-state index in [-0.39, 0.29) is 12.5 Å². The number of epoxide rings is 1. The Hall–Kier alpha value is -1.71. The Morgan fingerprint density at radius 3 is 2.66 bits per heavy atom. The van der Waals surface area contributed by atoms with Gasteiger partial charge in [0.2, 0.25) is 5.91 Å². The molecular weight excluding hydrogens is 412 g/mol. The lowest BCUT2D eigenvalue weighted by molar-refractivity contribution is -0.144. The summed E-state index contributed by atoms with van der Waals surface area (Å²) in [6.45, 7) is 3.30. The second-order valence-electron chi connectivity index (χ2n) is 6.73. The van der Waals surface area contributed by atoms with Crippen molar-refractivity contribution in [3.05, 3.63) is 35.9 Å². The summed E-state index contributed by atoms with van der Waals surface area (Å²) >= 11 is 3.42. The summed E-state index contributed by atoms with van der Waals surface area (Å²) in [4.78, 5) is 39.0. The standard InChI is InChI=1S/C20H26N2O5S2/c1-2-26-20(25)17-16(27-17)18(23)21-15(19(24)22-8-10-28-11-9-22)13-29-12-14-6-4-3-5-7-14/h3-7,15-17H,2,8-13H2,1H3,(H,21,23)/t15?,16-,17-/m0/s1. The number of amides is 2. The largest absolute Gasteiger partial charge is 0.464 e. The third-order valence-electron chi connectivity index (χ3n) is 4.60. The maximum absolute atomic E-state index is 13.0. The summed E-state index contributed by atoms with van der Waals surface area (Å²) in [6, 6.07) is 9.34. The quantitative estimate of drug-likeness (QED) is 0.459. The van der Waals surface area contributed by atoms with Crippen LogP contribution in [0.2, 0.25) is 0 Å². The smallest absolute Gasteiger partial charge is 0.338 e. The lowest BCUT2D eigenvalue weighted by Crippen LogP contribution is -2.53. The molecule has 2 heterocycles. The highest BCUT2D eigenvalue weighted by Gasteiger charge is 2.52. The number of ether oxygens (including phenoxy) is 2. The van der Waals surface area contributed by atoms with Crippen molar-refractivity contribution in [2.45, 2.75) is 30.9 Å². The zero-order chi connectivity index (χ0) is 20.6. The summed E-state index contributed by atoms with van der Waals surface area (Å²) in [6.07, 6.45) is -1.74. The van der Waals surface area contributed by atoms with Gasteiger partial charge in [0.15, 0.2) is 12.2 Å². The van der Waals surface area contributed by atoms with Gasteiger partial charge in [0.25, 0.3) is 5.91 Å². The zero-order valence-electron chi connectivity index (χ0n) is 16.4. The van der Waals surface area contributed by atoms with Gasteiger partial charge in [-0.1, -0.05) is 30.3 Å². The van der Waals surface area contributed by atoms with Crippen LogP contribution in [0.5, 0.6) is 0 Å². The number of nitrogens with zero attached hydrogens (tertiary/aromatic N) is 1. The molecular formula is C20H26N2O5S2. The van der Waals surface area contributed by atoms with Crippen molar-refractivity contribution in [2.75, 3.05) is 37.0 Å². The molecule has 29 heavy (non-hydrogen) atoms. The summed E-state index contributed by atoms with van der Waals surface area (Å²) in [5.41, 5.74) is 1.16. The van der Waals surface area contributed by atoms with Gasteiger partial charge < -0.3 is 19.7 Å². The molecule has 1 N–H and O–H groups in total. The first-order valence-electron chi connectivity index (χ1n) is 9.70. The van der Waals surface area contributed by atoms with E-state index in [0.29, 0.717) is 18.8 Å². The van der Waals surface area contributed by atoms with E-state index >= 15 is 0 Å². The van der Waals surface area contributed by atoms with Gasteiger partial charge in [-0.05, 0) is 12.5 Å². The lowest BCUT2D eigenvalue weighted by atomic mass is 10.2. The van der Waals surface area contributed by atoms with E-state index in [1.165, 1.54) is 0 Å². The van der Waals surface area contributed by atoms with Gasteiger partial charge in [0, 0.05) is 36.1 Å². The topological polar surface area (TPSA) is 88.2 Å². The van der Waals surface area contributed by atoms with Crippen molar-refractivity contribution in [2.24, 2.45) is 0 Å². The first-order valence-corrected chi connectivity index (χ1v) is 12.0.